The predicted octanol–water partition coefficient (Wildman–Crippen LogP) is 4.74. The van der Waals surface area contributed by atoms with Crippen LogP contribution in [0.3, 0.4) is 0 Å². The lowest BCUT2D eigenvalue weighted by molar-refractivity contribution is 0.251. The summed E-state index contributed by atoms with van der Waals surface area (Å²) in [5.74, 6) is 5.30. The van der Waals surface area contributed by atoms with E-state index in [4.69, 9.17) is 0 Å². The number of hydrogen-bond donors (Lipinski definition) is 0. The SMILES string of the molecule is C1CCCC(C2CC3CC[C]2C3)CCC1. The third-order valence-electron chi connectivity index (χ3n) is 5.26. The third-order valence-corrected chi connectivity index (χ3v) is 5.26. The van der Waals surface area contributed by atoms with E-state index in [0.29, 0.717) is 0 Å². The fourth-order valence-corrected chi connectivity index (χ4v) is 4.44. The smallest absolute Gasteiger partial charge is 0.0204 e. The molecule has 0 aliphatic heterocycles. The van der Waals surface area contributed by atoms with Crippen molar-refractivity contribution in [2.75, 3.05) is 0 Å². The van der Waals surface area contributed by atoms with Crippen molar-refractivity contribution in [2.24, 2.45) is 17.8 Å². The minimum absolute atomic E-state index is 1.09. The second-order valence-corrected chi connectivity index (χ2v) is 6.21. The van der Waals surface area contributed by atoms with Crippen LogP contribution in [0.5, 0.6) is 0 Å². The molecule has 15 heavy (non-hydrogen) atoms. The van der Waals surface area contributed by atoms with Crippen molar-refractivity contribution in [1.82, 2.24) is 0 Å². The molecule has 0 nitrogen and oxygen atoms in total. The molecule has 0 aromatic rings. The molecule has 0 heteroatoms. The van der Waals surface area contributed by atoms with E-state index in [9.17, 15) is 0 Å². The summed E-state index contributed by atoms with van der Waals surface area (Å²) in [6.45, 7) is 0. The number of hydrogen-bond acceptors (Lipinski definition) is 0. The molecule has 3 rings (SSSR count). The molecule has 0 spiro atoms. The monoisotopic (exact) mass is 205 g/mol. The molecule has 2 atom stereocenters. The van der Waals surface area contributed by atoms with Crippen LogP contribution in [0.1, 0.15) is 70.6 Å². The summed E-state index contributed by atoms with van der Waals surface area (Å²) < 4.78 is 0. The van der Waals surface area contributed by atoms with Gasteiger partial charge in [0.15, 0.2) is 0 Å². The number of rotatable bonds is 1. The van der Waals surface area contributed by atoms with E-state index in [-0.39, 0.29) is 0 Å². The molecule has 3 saturated carbocycles. The molecule has 3 aliphatic carbocycles. The molecule has 0 aromatic carbocycles. The molecule has 0 amide bonds. The highest BCUT2D eigenvalue weighted by Gasteiger charge is 2.42. The fraction of sp³-hybridized carbons (Fsp3) is 0.933. The van der Waals surface area contributed by atoms with Crippen LogP contribution in [0.25, 0.3) is 0 Å². The van der Waals surface area contributed by atoms with Crippen LogP contribution in [-0.2, 0) is 0 Å². The standard InChI is InChI=1S/C15H25/c1-2-4-6-13(7-5-3-1)15-11-12-8-9-14(15)10-12/h12-13,15H,1-11H2. The summed E-state index contributed by atoms with van der Waals surface area (Å²) >= 11 is 0. The maximum atomic E-state index is 1.99. The molecule has 3 aliphatic rings. The van der Waals surface area contributed by atoms with Gasteiger partial charge in [-0.3, -0.25) is 0 Å². The molecule has 0 N–H and O–H groups in total. The van der Waals surface area contributed by atoms with Crippen molar-refractivity contribution in [3.05, 3.63) is 5.92 Å². The Labute approximate surface area is 94.8 Å². The van der Waals surface area contributed by atoms with E-state index >= 15 is 0 Å². The van der Waals surface area contributed by atoms with Crippen molar-refractivity contribution in [2.45, 2.75) is 70.6 Å². The van der Waals surface area contributed by atoms with Gasteiger partial charge in [-0.05, 0) is 49.4 Å². The topological polar surface area (TPSA) is 0 Å². The molecular formula is C15H25. The molecule has 1 radical (unpaired) electrons. The quantitative estimate of drug-likeness (QED) is 0.580. The van der Waals surface area contributed by atoms with E-state index < -0.39 is 0 Å². The highest BCUT2D eigenvalue weighted by atomic mass is 14.5. The summed E-state index contributed by atoms with van der Waals surface area (Å²) in [6.07, 6.45) is 16.9. The third kappa shape index (κ3) is 2.10. The van der Waals surface area contributed by atoms with Crippen LogP contribution in [0, 0.1) is 23.7 Å². The Balaban J connectivity index is 1.60. The summed E-state index contributed by atoms with van der Waals surface area (Å²) in [7, 11) is 0. The number of fused-ring (bicyclic) bond motifs is 2. The first-order valence-electron chi connectivity index (χ1n) is 7.28. The van der Waals surface area contributed by atoms with E-state index in [1.807, 2.05) is 5.92 Å². The first-order chi connectivity index (χ1) is 7.43. The molecule has 2 bridgehead atoms. The summed E-state index contributed by atoms with van der Waals surface area (Å²) in [5, 5.41) is 0. The van der Waals surface area contributed by atoms with Gasteiger partial charge in [0.2, 0.25) is 0 Å². The zero-order valence-electron chi connectivity index (χ0n) is 10.0. The Morgan fingerprint density at radius 1 is 0.800 bits per heavy atom. The van der Waals surface area contributed by atoms with Gasteiger partial charge in [-0.15, -0.1) is 0 Å². The van der Waals surface area contributed by atoms with Crippen molar-refractivity contribution < 1.29 is 0 Å². The average Bonchev–Trinajstić information content (AvgIpc) is 2.78. The van der Waals surface area contributed by atoms with Gasteiger partial charge in [-0.25, -0.2) is 0 Å². The second-order valence-electron chi connectivity index (χ2n) is 6.21. The lowest BCUT2D eigenvalue weighted by Gasteiger charge is -2.31. The fourth-order valence-electron chi connectivity index (χ4n) is 4.44. The molecule has 0 heterocycles. The van der Waals surface area contributed by atoms with Gasteiger partial charge in [0.05, 0.1) is 0 Å². The normalized spacial score (nSPS) is 39.2. The van der Waals surface area contributed by atoms with Crippen molar-refractivity contribution in [1.29, 1.82) is 0 Å². The molecular weight excluding hydrogens is 180 g/mol. The molecule has 2 unspecified atom stereocenters. The van der Waals surface area contributed by atoms with E-state index in [0.717, 1.165) is 17.8 Å². The molecule has 85 valence electrons. The van der Waals surface area contributed by atoms with Crippen LogP contribution in [0.2, 0.25) is 0 Å². The molecule has 0 saturated heterocycles. The highest BCUT2D eigenvalue weighted by Crippen LogP contribution is 2.54. The summed E-state index contributed by atoms with van der Waals surface area (Å²) in [5.41, 5.74) is 0. The van der Waals surface area contributed by atoms with Crippen molar-refractivity contribution >= 4 is 0 Å². The lowest BCUT2D eigenvalue weighted by Crippen LogP contribution is -2.20. The summed E-state index contributed by atoms with van der Waals surface area (Å²) in [4.78, 5) is 0. The second kappa shape index (κ2) is 4.47. The van der Waals surface area contributed by atoms with E-state index in [1.54, 1.807) is 25.7 Å². The van der Waals surface area contributed by atoms with Crippen LogP contribution >= 0.6 is 0 Å². The Morgan fingerprint density at radius 2 is 1.53 bits per heavy atom. The minimum atomic E-state index is 1.09. The zero-order chi connectivity index (χ0) is 10.1. The molecule has 3 fully saturated rings. The minimum Gasteiger partial charge on any atom is -0.0533 e. The zero-order valence-corrected chi connectivity index (χ0v) is 10.0. The van der Waals surface area contributed by atoms with Gasteiger partial charge in [-0.2, -0.15) is 0 Å². The Hall–Kier alpha value is 0. The predicted molar refractivity (Wildman–Crippen MR) is 64.5 cm³/mol. The Bertz CT molecular complexity index is 200. The van der Waals surface area contributed by atoms with Crippen molar-refractivity contribution in [3.63, 3.8) is 0 Å². The first-order valence-corrected chi connectivity index (χ1v) is 7.28. The van der Waals surface area contributed by atoms with Gasteiger partial charge in [0.1, 0.15) is 0 Å². The molecule has 0 aromatic heterocycles. The van der Waals surface area contributed by atoms with Gasteiger partial charge in [-0.1, -0.05) is 44.9 Å². The first kappa shape index (κ1) is 10.2. The lowest BCUT2D eigenvalue weighted by atomic mass is 9.74. The van der Waals surface area contributed by atoms with Crippen LogP contribution < -0.4 is 0 Å². The van der Waals surface area contributed by atoms with Gasteiger partial charge >= 0.3 is 0 Å². The van der Waals surface area contributed by atoms with E-state index in [1.165, 1.54) is 44.9 Å². The maximum absolute atomic E-state index is 1.99. The van der Waals surface area contributed by atoms with Gasteiger partial charge in [0, 0.05) is 0 Å². The van der Waals surface area contributed by atoms with Crippen LogP contribution in [0.15, 0.2) is 0 Å². The van der Waals surface area contributed by atoms with E-state index in [2.05, 4.69) is 0 Å². The van der Waals surface area contributed by atoms with Crippen LogP contribution in [0.4, 0.5) is 0 Å². The Kier molecular flexibility index (Phi) is 3.03. The summed E-state index contributed by atoms with van der Waals surface area (Å²) in [6, 6.07) is 0. The maximum Gasteiger partial charge on any atom is -0.0204 e. The van der Waals surface area contributed by atoms with Gasteiger partial charge < -0.3 is 0 Å². The largest absolute Gasteiger partial charge is 0.0533 e. The average molecular weight is 205 g/mol. The van der Waals surface area contributed by atoms with Crippen molar-refractivity contribution in [3.8, 4) is 0 Å². The van der Waals surface area contributed by atoms with Gasteiger partial charge in [0.25, 0.3) is 0 Å². The Morgan fingerprint density at radius 3 is 2.13 bits per heavy atom. The highest BCUT2D eigenvalue weighted by molar-refractivity contribution is 5.11. The van der Waals surface area contributed by atoms with Crippen LogP contribution in [-0.4, -0.2) is 0 Å².